The van der Waals surface area contributed by atoms with Crippen molar-refractivity contribution < 1.29 is 5.11 Å². The third kappa shape index (κ3) is 8.33. The summed E-state index contributed by atoms with van der Waals surface area (Å²) in [5.41, 5.74) is 6.39. The van der Waals surface area contributed by atoms with Gasteiger partial charge in [0.1, 0.15) is 0 Å². The van der Waals surface area contributed by atoms with Gasteiger partial charge in [-0.2, -0.15) is 0 Å². The summed E-state index contributed by atoms with van der Waals surface area (Å²) in [5.74, 6) is 5.51. The molecule has 7 unspecified atom stereocenters. The summed E-state index contributed by atoms with van der Waals surface area (Å²) in [6.07, 6.45) is 19.4. The zero-order chi connectivity index (χ0) is 30.2. The summed E-state index contributed by atoms with van der Waals surface area (Å²) < 4.78 is 0. The Balaban J connectivity index is 1.19. The molecule has 0 aromatic heterocycles. The molecule has 0 bridgehead atoms. The van der Waals surface area contributed by atoms with Gasteiger partial charge in [-0.3, -0.25) is 0 Å². The van der Waals surface area contributed by atoms with Crippen LogP contribution in [0.1, 0.15) is 131 Å². The molecule has 0 amide bonds. The van der Waals surface area contributed by atoms with Crippen LogP contribution in [0.4, 0.5) is 0 Å². The zero-order valence-corrected chi connectivity index (χ0v) is 28.6. The van der Waals surface area contributed by atoms with Crippen LogP contribution >= 0.6 is 0 Å². The van der Waals surface area contributed by atoms with Crippen LogP contribution in [0.2, 0.25) is 0 Å². The second-order valence-corrected chi connectivity index (χ2v) is 16.5. The van der Waals surface area contributed by atoms with Gasteiger partial charge in [0.15, 0.2) is 0 Å². The van der Waals surface area contributed by atoms with E-state index in [0.717, 1.165) is 87.6 Å². The summed E-state index contributed by atoms with van der Waals surface area (Å²) in [7, 11) is 0. The highest BCUT2D eigenvalue weighted by Crippen LogP contribution is 2.68. The molecule has 0 aromatic carbocycles. The second kappa shape index (κ2) is 16.4. The van der Waals surface area contributed by atoms with Gasteiger partial charge in [-0.1, -0.05) is 53.9 Å². The first kappa shape index (κ1) is 34.7. The van der Waals surface area contributed by atoms with Crippen LogP contribution in [0.3, 0.4) is 0 Å². The first-order chi connectivity index (χ1) is 20.2. The van der Waals surface area contributed by atoms with Crippen molar-refractivity contribution >= 4 is 0 Å². The Kier molecular flexibility index (Phi) is 13.5. The number of rotatable bonds is 18. The molecule has 5 heteroatoms. The lowest BCUT2D eigenvalue weighted by molar-refractivity contribution is -0.162. The van der Waals surface area contributed by atoms with Gasteiger partial charge in [0.2, 0.25) is 0 Å². The lowest BCUT2D eigenvalue weighted by Gasteiger charge is -2.62. The van der Waals surface area contributed by atoms with E-state index >= 15 is 0 Å². The minimum atomic E-state index is -0.0998. The van der Waals surface area contributed by atoms with Crippen LogP contribution in [0.25, 0.3) is 0 Å². The zero-order valence-electron chi connectivity index (χ0n) is 28.6. The molecular formula is C37H72N4O. The van der Waals surface area contributed by atoms with E-state index in [1.54, 1.807) is 0 Å². The van der Waals surface area contributed by atoms with Crippen LogP contribution in [0.5, 0.6) is 0 Å². The molecule has 5 nitrogen and oxygen atoms in total. The second-order valence-electron chi connectivity index (χ2n) is 16.5. The van der Waals surface area contributed by atoms with Crippen molar-refractivity contribution in [3.63, 3.8) is 0 Å². The van der Waals surface area contributed by atoms with Gasteiger partial charge in [0.25, 0.3) is 0 Å². The van der Waals surface area contributed by atoms with Gasteiger partial charge >= 0.3 is 0 Å². The number of fused-ring (bicyclic) bond motifs is 5. The average molecular weight is 589 g/mol. The van der Waals surface area contributed by atoms with Crippen molar-refractivity contribution in [2.45, 2.75) is 143 Å². The molecule has 0 aliphatic heterocycles. The lowest BCUT2D eigenvalue weighted by atomic mass is 9.43. The molecule has 0 saturated heterocycles. The van der Waals surface area contributed by atoms with Crippen molar-refractivity contribution in [1.29, 1.82) is 0 Å². The highest BCUT2D eigenvalue weighted by Gasteiger charge is 2.62. The van der Waals surface area contributed by atoms with Gasteiger partial charge < -0.3 is 26.8 Å². The van der Waals surface area contributed by atoms with E-state index in [0.29, 0.717) is 22.8 Å². The monoisotopic (exact) mass is 589 g/mol. The Bertz CT molecular complexity index is 777. The Labute approximate surface area is 261 Å². The van der Waals surface area contributed by atoms with Crippen molar-refractivity contribution in [1.82, 2.24) is 16.0 Å². The van der Waals surface area contributed by atoms with E-state index in [1.807, 2.05) is 0 Å². The molecule has 246 valence electrons. The number of hydrogen-bond donors (Lipinski definition) is 5. The van der Waals surface area contributed by atoms with E-state index in [1.165, 1.54) is 83.5 Å². The standard InChI is InChI=1S/C37H72N4O/c1-27(2)11-8-12-28(3)31-13-14-32-30-26-35(42)34-25-29(15-17-37(34,5)33(30)16-18-36(31,32)4)41-24-10-23-40-21-7-6-20-39-22-9-19-38/h27-35,39-42H,6-26,38H2,1-5H3/t28-,29?,30?,31-,32?,33?,34-,35?,36?,37?/m1/s1. The normalized spacial score (nSPS) is 38.7. The highest BCUT2D eigenvalue weighted by atomic mass is 16.3. The first-order valence-corrected chi connectivity index (χ1v) is 18.7. The maximum absolute atomic E-state index is 11.7. The molecule has 0 spiro atoms. The summed E-state index contributed by atoms with van der Waals surface area (Å²) in [6, 6.07) is 0.588. The minimum Gasteiger partial charge on any atom is -0.393 e. The van der Waals surface area contributed by atoms with Crippen molar-refractivity contribution in [2.24, 2.45) is 58.0 Å². The van der Waals surface area contributed by atoms with E-state index in [4.69, 9.17) is 5.73 Å². The molecule has 4 saturated carbocycles. The number of aliphatic hydroxyl groups is 1. The molecule has 0 aromatic rings. The summed E-state index contributed by atoms with van der Waals surface area (Å²) in [4.78, 5) is 0. The maximum Gasteiger partial charge on any atom is 0.0577 e. The van der Waals surface area contributed by atoms with Gasteiger partial charge in [-0.05, 0) is 169 Å². The molecule has 10 atom stereocenters. The Hall–Kier alpha value is -0.200. The highest BCUT2D eigenvalue weighted by molar-refractivity contribution is 5.11. The van der Waals surface area contributed by atoms with Crippen LogP contribution in [-0.2, 0) is 0 Å². The number of unbranched alkanes of at least 4 members (excludes halogenated alkanes) is 1. The third-order valence-electron chi connectivity index (χ3n) is 13.4. The van der Waals surface area contributed by atoms with E-state index < -0.39 is 0 Å². The van der Waals surface area contributed by atoms with E-state index in [2.05, 4.69) is 50.6 Å². The van der Waals surface area contributed by atoms with Crippen molar-refractivity contribution in [3.05, 3.63) is 0 Å². The molecule has 0 radical (unpaired) electrons. The molecule has 4 aliphatic carbocycles. The SMILES string of the molecule is CC(C)CCC[C@@H](C)[C@H]1CCC2C3CC(O)[C@H]4CC(NCCCNCCCCNCCCN)CCC4(C)C3CCC21C. The van der Waals surface area contributed by atoms with Gasteiger partial charge in [0, 0.05) is 6.04 Å². The first-order valence-electron chi connectivity index (χ1n) is 18.7. The molecule has 4 rings (SSSR count). The maximum atomic E-state index is 11.7. The van der Waals surface area contributed by atoms with E-state index in [9.17, 15) is 5.11 Å². The largest absolute Gasteiger partial charge is 0.393 e. The minimum absolute atomic E-state index is 0.0998. The van der Waals surface area contributed by atoms with Gasteiger partial charge in [0.05, 0.1) is 6.10 Å². The fraction of sp³-hybridized carbons (Fsp3) is 1.00. The van der Waals surface area contributed by atoms with Crippen molar-refractivity contribution in [2.75, 3.05) is 39.3 Å². The third-order valence-corrected chi connectivity index (χ3v) is 13.4. The predicted octanol–water partition coefficient (Wildman–Crippen LogP) is 6.74. The van der Waals surface area contributed by atoms with Gasteiger partial charge in [-0.15, -0.1) is 0 Å². The summed E-state index contributed by atoms with van der Waals surface area (Å²) in [6.45, 7) is 18.9. The molecule has 6 N–H and O–H groups in total. The Morgan fingerprint density at radius 3 is 2.10 bits per heavy atom. The molecule has 0 heterocycles. The smallest absolute Gasteiger partial charge is 0.0577 e. The molecule has 4 fully saturated rings. The van der Waals surface area contributed by atoms with Gasteiger partial charge in [-0.25, -0.2) is 0 Å². The average Bonchev–Trinajstić information content (AvgIpc) is 3.31. The summed E-state index contributed by atoms with van der Waals surface area (Å²) in [5, 5.41) is 22.7. The Morgan fingerprint density at radius 2 is 1.38 bits per heavy atom. The van der Waals surface area contributed by atoms with E-state index in [-0.39, 0.29) is 6.10 Å². The topological polar surface area (TPSA) is 82.3 Å². The lowest BCUT2D eigenvalue weighted by Crippen LogP contribution is -2.59. The molecule has 4 aliphatic rings. The van der Waals surface area contributed by atoms with Crippen LogP contribution in [0.15, 0.2) is 0 Å². The number of nitrogens with two attached hydrogens (primary N) is 1. The fourth-order valence-corrected chi connectivity index (χ4v) is 11.0. The van der Waals surface area contributed by atoms with Crippen LogP contribution in [0, 0.1) is 52.3 Å². The Morgan fingerprint density at radius 1 is 0.714 bits per heavy atom. The van der Waals surface area contributed by atoms with Crippen molar-refractivity contribution in [3.8, 4) is 0 Å². The van der Waals surface area contributed by atoms with Crippen LogP contribution in [-0.4, -0.2) is 56.5 Å². The number of hydrogen-bond acceptors (Lipinski definition) is 5. The molecular weight excluding hydrogens is 516 g/mol. The fourth-order valence-electron chi connectivity index (χ4n) is 11.0. The molecule has 42 heavy (non-hydrogen) atoms. The predicted molar refractivity (Wildman–Crippen MR) is 180 cm³/mol. The quantitative estimate of drug-likeness (QED) is 0.115. The summed E-state index contributed by atoms with van der Waals surface area (Å²) >= 11 is 0. The number of aliphatic hydroxyl groups excluding tert-OH is 1. The van der Waals surface area contributed by atoms with Crippen LogP contribution < -0.4 is 21.7 Å². The number of nitrogens with one attached hydrogen (secondary N) is 3.